The Labute approximate surface area is 79.2 Å². The van der Waals surface area contributed by atoms with Gasteiger partial charge >= 0.3 is 0 Å². The van der Waals surface area contributed by atoms with Crippen LogP contribution >= 0.6 is 0 Å². The van der Waals surface area contributed by atoms with E-state index < -0.39 is 0 Å². The minimum Gasteiger partial charge on any atom is -0.325 e. The first-order chi connectivity index (χ1) is 6.22. The fraction of sp³-hybridized carbons (Fsp3) is 0.545. The van der Waals surface area contributed by atoms with Crippen LogP contribution in [0.1, 0.15) is 41.3 Å². The number of hydrogen-bond acceptors (Lipinski definition) is 2. The van der Waals surface area contributed by atoms with E-state index in [1.165, 1.54) is 29.7 Å². The number of rotatable bonds is 2. The highest BCUT2D eigenvalue weighted by molar-refractivity contribution is 5.36. The van der Waals surface area contributed by atoms with Crippen LogP contribution in [0, 0.1) is 13.8 Å². The molecule has 1 aliphatic carbocycles. The van der Waals surface area contributed by atoms with Gasteiger partial charge in [-0.3, -0.25) is 4.98 Å². The summed E-state index contributed by atoms with van der Waals surface area (Å²) < 4.78 is 0. The molecule has 2 N–H and O–H groups in total. The highest BCUT2D eigenvalue weighted by Crippen LogP contribution is 2.42. The molecule has 2 heteroatoms. The van der Waals surface area contributed by atoms with E-state index in [0.29, 0.717) is 6.54 Å². The second kappa shape index (κ2) is 3.11. The molecule has 2 rings (SSSR count). The molecule has 1 saturated carbocycles. The summed E-state index contributed by atoms with van der Waals surface area (Å²) in [4.78, 5) is 4.49. The second-order valence-electron chi connectivity index (χ2n) is 3.91. The minimum atomic E-state index is 0.548. The maximum Gasteiger partial charge on any atom is 0.0545 e. The van der Waals surface area contributed by atoms with E-state index >= 15 is 0 Å². The van der Waals surface area contributed by atoms with Crippen molar-refractivity contribution in [3.8, 4) is 0 Å². The van der Waals surface area contributed by atoms with E-state index in [-0.39, 0.29) is 0 Å². The van der Waals surface area contributed by atoms with Crippen molar-refractivity contribution in [3.05, 3.63) is 28.6 Å². The van der Waals surface area contributed by atoms with Gasteiger partial charge < -0.3 is 5.73 Å². The van der Waals surface area contributed by atoms with E-state index in [2.05, 4.69) is 24.9 Å². The standard InChI is InChI=1S/C11H16N2/c1-7-5-10(6-12)13-8(2)11(7)9-3-4-9/h5,9H,3-4,6,12H2,1-2H3. The molecule has 0 amide bonds. The Hall–Kier alpha value is -0.890. The molecule has 0 bridgehead atoms. The minimum absolute atomic E-state index is 0.548. The van der Waals surface area contributed by atoms with Crippen molar-refractivity contribution in [2.75, 3.05) is 0 Å². The molecule has 2 nitrogen and oxygen atoms in total. The molecule has 1 aliphatic rings. The Morgan fingerprint density at radius 1 is 1.46 bits per heavy atom. The summed E-state index contributed by atoms with van der Waals surface area (Å²) >= 11 is 0. The third-order valence-electron chi connectivity index (χ3n) is 2.70. The second-order valence-corrected chi connectivity index (χ2v) is 3.91. The number of aryl methyl sites for hydroxylation is 2. The molecule has 0 unspecified atom stereocenters. The number of aromatic nitrogens is 1. The summed E-state index contributed by atoms with van der Waals surface area (Å²) in [6.07, 6.45) is 2.68. The Morgan fingerprint density at radius 2 is 2.15 bits per heavy atom. The van der Waals surface area contributed by atoms with Gasteiger partial charge in [-0.05, 0) is 49.8 Å². The highest BCUT2D eigenvalue weighted by Gasteiger charge is 2.27. The van der Waals surface area contributed by atoms with Crippen molar-refractivity contribution in [1.29, 1.82) is 0 Å². The Balaban J connectivity index is 2.44. The molecule has 0 radical (unpaired) electrons. The normalized spacial score (nSPS) is 16.2. The van der Waals surface area contributed by atoms with Gasteiger partial charge in [0, 0.05) is 12.2 Å². The SMILES string of the molecule is Cc1cc(CN)nc(C)c1C1CC1. The third kappa shape index (κ3) is 1.59. The number of hydrogen-bond donors (Lipinski definition) is 1. The first kappa shape index (κ1) is 8.70. The van der Waals surface area contributed by atoms with Crippen molar-refractivity contribution >= 4 is 0 Å². The maximum absolute atomic E-state index is 5.57. The van der Waals surface area contributed by atoms with Crippen molar-refractivity contribution in [2.24, 2.45) is 5.73 Å². The van der Waals surface area contributed by atoms with Crippen LogP contribution in [0.15, 0.2) is 6.07 Å². The summed E-state index contributed by atoms with van der Waals surface area (Å²) in [5.74, 6) is 0.791. The van der Waals surface area contributed by atoms with Crippen LogP contribution in [0.2, 0.25) is 0 Å². The smallest absolute Gasteiger partial charge is 0.0545 e. The molecule has 1 fully saturated rings. The largest absolute Gasteiger partial charge is 0.325 e. The average molecular weight is 176 g/mol. The predicted octanol–water partition coefficient (Wildman–Crippen LogP) is 2.03. The zero-order valence-corrected chi connectivity index (χ0v) is 8.30. The van der Waals surface area contributed by atoms with Crippen LogP contribution in [0.5, 0.6) is 0 Å². The quantitative estimate of drug-likeness (QED) is 0.749. The van der Waals surface area contributed by atoms with E-state index in [1.54, 1.807) is 0 Å². The molecule has 0 spiro atoms. The lowest BCUT2D eigenvalue weighted by molar-refractivity contribution is 0.925. The van der Waals surface area contributed by atoms with Gasteiger partial charge in [0.25, 0.3) is 0 Å². The van der Waals surface area contributed by atoms with Gasteiger partial charge in [-0.2, -0.15) is 0 Å². The van der Waals surface area contributed by atoms with Crippen LogP contribution in [-0.2, 0) is 6.54 Å². The van der Waals surface area contributed by atoms with Gasteiger partial charge in [0.2, 0.25) is 0 Å². The Bertz CT molecular complexity index is 304. The van der Waals surface area contributed by atoms with Crippen LogP contribution in [0.3, 0.4) is 0 Å². The first-order valence-corrected chi connectivity index (χ1v) is 4.89. The van der Waals surface area contributed by atoms with Crippen LogP contribution < -0.4 is 5.73 Å². The third-order valence-corrected chi connectivity index (χ3v) is 2.70. The fourth-order valence-electron chi connectivity index (χ4n) is 2.01. The topological polar surface area (TPSA) is 38.9 Å². The zero-order chi connectivity index (χ0) is 9.42. The molecule has 0 aliphatic heterocycles. The van der Waals surface area contributed by atoms with Gasteiger partial charge in [0.05, 0.1) is 5.69 Å². The number of nitrogens with two attached hydrogens (primary N) is 1. The van der Waals surface area contributed by atoms with E-state index in [4.69, 9.17) is 5.73 Å². The first-order valence-electron chi connectivity index (χ1n) is 4.89. The lowest BCUT2D eigenvalue weighted by atomic mass is 10.0. The molecule has 70 valence electrons. The van der Waals surface area contributed by atoms with Crippen molar-refractivity contribution in [3.63, 3.8) is 0 Å². The van der Waals surface area contributed by atoms with Crippen LogP contribution in [0.25, 0.3) is 0 Å². The average Bonchev–Trinajstić information content (AvgIpc) is 2.87. The van der Waals surface area contributed by atoms with Gasteiger partial charge in [0.1, 0.15) is 0 Å². The maximum atomic E-state index is 5.57. The molecule has 13 heavy (non-hydrogen) atoms. The molecule has 0 saturated heterocycles. The Morgan fingerprint density at radius 3 is 2.62 bits per heavy atom. The zero-order valence-electron chi connectivity index (χ0n) is 8.30. The van der Waals surface area contributed by atoms with Crippen molar-refractivity contribution in [2.45, 2.75) is 39.2 Å². The molecule has 1 heterocycles. The summed E-state index contributed by atoms with van der Waals surface area (Å²) in [5, 5.41) is 0. The van der Waals surface area contributed by atoms with Crippen molar-refractivity contribution < 1.29 is 0 Å². The molecular weight excluding hydrogens is 160 g/mol. The number of pyridine rings is 1. The summed E-state index contributed by atoms with van der Waals surface area (Å²) in [6, 6.07) is 2.13. The predicted molar refractivity (Wildman–Crippen MR) is 53.6 cm³/mol. The van der Waals surface area contributed by atoms with E-state index in [9.17, 15) is 0 Å². The van der Waals surface area contributed by atoms with E-state index in [0.717, 1.165) is 11.6 Å². The van der Waals surface area contributed by atoms with Gasteiger partial charge in [-0.15, -0.1) is 0 Å². The molecule has 0 aromatic carbocycles. The van der Waals surface area contributed by atoms with Crippen LogP contribution in [0.4, 0.5) is 0 Å². The van der Waals surface area contributed by atoms with Gasteiger partial charge in [0.15, 0.2) is 0 Å². The number of nitrogens with zero attached hydrogens (tertiary/aromatic N) is 1. The lowest BCUT2D eigenvalue weighted by Crippen LogP contribution is -2.04. The monoisotopic (exact) mass is 176 g/mol. The van der Waals surface area contributed by atoms with Crippen LogP contribution in [-0.4, -0.2) is 4.98 Å². The van der Waals surface area contributed by atoms with Gasteiger partial charge in [-0.1, -0.05) is 0 Å². The Kier molecular flexibility index (Phi) is 2.08. The van der Waals surface area contributed by atoms with Gasteiger partial charge in [-0.25, -0.2) is 0 Å². The molecule has 1 aromatic heterocycles. The summed E-state index contributed by atoms with van der Waals surface area (Å²) in [7, 11) is 0. The summed E-state index contributed by atoms with van der Waals surface area (Å²) in [6.45, 7) is 4.81. The molecular formula is C11H16N2. The lowest BCUT2D eigenvalue weighted by Gasteiger charge is -2.09. The van der Waals surface area contributed by atoms with E-state index in [1.807, 2.05) is 0 Å². The summed E-state index contributed by atoms with van der Waals surface area (Å²) in [5.41, 5.74) is 10.6. The van der Waals surface area contributed by atoms with Crippen molar-refractivity contribution in [1.82, 2.24) is 4.98 Å². The fourth-order valence-corrected chi connectivity index (χ4v) is 2.01. The highest BCUT2D eigenvalue weighted by atomic mass is 14.7. The molecule has 0 atom stereocenters. The molecule has 1 aromatic rings.